The molecule has 1 aliphatic carbocycles. The van der Waals surface area contributed by atoms with E-state index in [4.69, 9.17) is 14.6 Å². The van der Waals surface area contributed by atoms with Crippen LogP contribution < -0.4 is 9.47 Å². The van der Waals surface area contributed by atoms with Crippen LogP contribution in [0, 0.1) is 5.82 Å². The van der Waals surface area contributed by atoms with Crippen molar-refractivity contribution in [3.05, 3.63) is 93.8 Å². The van der Waals surface area contributed by atoms with Crippen LogP contribution in [-0.2, 0) is 23.8 Å². The summed E-state index contributed by atoms with van der Waals surface area (Å²) < 4.78 is 66.6. The molecule has 0 radical (unpaired) electrons. The van der Waals surface area contributed by atoms with E-state index in [9.17, 15) is 22.4 Å². The van der Waals surface area contributed by atoms with Crippen molar-refractivity contribution in [2.45, 2.75) is 43.9 Å². The van der Waals surface area contributed by atoms with Gasteiger partial charge in [0.25, 0.3) is 0 Å². The third-order valence-electron chi connectivity index (χ3n) is 6.63. The van der Waals surface area contributed by atoms with Crippen LogP contribution in [0.1, 0.15) is 58.2 Å². The zero-order valence-electron chi connectivity index (χ0n) is 18.6. The zero-order valence-corrected chi connectivity index (χ0v) is 18.6. The molecule has 1 heterocycles. The average Bonchev–Trinajstić information content (AvgIpc) is 3.38. The Morgan fingerprint density at radius 1 is 1.06 bits per heavy atom. The Kier molecular flexibility index (Phi) is 5.91. The van der Waals surface area contributed by atoms with Crippen molar-refractivity contribution in [3.8, 4) is 11.5 Å². The third kappa shape index (κ3) is 4.70. The lowest BCUT2D eigenvalue weighted by atomic mass is 9.92. The molecule has 0 amide bonds. The fourth-order valence-corrected chi connectivity index (χ4v) is 5.01. The second-order valence-corrected chi connectivity index (χ2v) is 8.91. The summed E-state index contributed by atoms with van der Waals surface area (Å²) in [5.41, 5.74) is 2.25. The standard InChI is InChI=1S/C27H22F4O4/c28-17-3-1-15(2-4-17)11-22-20-8-10-24(21(20)7-9-23(22)27(29,30)31)35-18-5-6-19-16(12-26(32)33)14-34-25(19)13-18/h1-7,9,13,16,24H,8,10-12,14H2,(H,32,33)/t16?,24-/m1/s1. The Morgan fingerprint density at radius 3 is 2.51 bits per heavy atom. The molecule has 1 unspecified atom stereocenters. The first-order chi connectivity index (χ1) is 16.7. The summed E-state index contributed by atoms with van der Waals surface area (Å²) in [6.45, 7) is 0.282. The van der Waals surface area contributed by atoms with E-state index >= 15 is 0 Å². The Hall–Kier alpha value is -3.55. The summed E-state index contributed by atoms with van der Waals surface area (Å²) in [4.78, 5) is 11.1. The first-order valence-corrected chi connectivity index (χ1v) is 11.3. The van der Waals surface area contributed by atoms with E-state index in [1.165, 1.54) is 30.3 Å². The highest BCUT2D eigenvalue weighted by Crippen LogP contribution is 2.44. The lowest BCUT2D eigenvalue weighted by molar-refractivity contribution is -0.138. The van der Waals surface area contributed by atoms with E-state index in [0.717, 1.165) is 11.6 Å². The number of carboxylic acid groups (broad SMARTS) is 1. The molecule has 5 rings (SSSR count). The van der Waals surface area contributed by atoms with Gasteiger partial charge in [-0.25, -0.2) is 4.39 Å². The fraction of sp³-hybridized carbons (Fsp3) is 0.296. The van der Waals surface area contributed by atoms with Crippen LogP contribution in [0.25, 0.3) is 0 Å². The molecular weight excluding hydrogens is 464 g/mol. The predicted octanol–water partition coefficient (Wildman–Crippen LogP) is 6.45. The summed E-state index contributed by atoms with van der Waals surface area (Å²) in [5, 5.41) is 9.07. The number of alkyl halides is 3. The van der Waals surface area contributed by atoms with Gasteiger partial charge < -0.3 is 14.6 Å². The zero-order chi connectivity index (χ0) is 24.7. The summed E-state index contributed by atoms with van der Waals surface area (Å²) in [7, 11) is 0. The van der Waals surface area contributed by atoms with Crippen LogP contribution in [0.15, 0.2) is 54.6 Å². The molecule has 1 aliphatic heterocycles. The largest absolute Gasteiger partial charge is 0.492 e. The number of aliphatic carboxylic acids is 1. The van der Waals surface area contributed by atoms with E-state index < -0.39 is 29.6 Å². The predicted molar refractivity (Wildman–Crippen MR) is 119 cm³/mol. The molecule has 2 atom stereocenters. The van der Waals surface area contributed by atoms with E-state index in [1.807, 2.05) is 0 Å². The van der Waals surface area contributed by atoms with Crippen LogP contribution >= 0.6 is 0 Å². The van der Waals surface area contributed by atoms with Crippen LogP contribution in [0.2, 0.25) is 0 Å². The maximum absolute atomic E-state index is 13.8. The van der Waals surface area contributed by atoms with E-state index in [0.29, 0.717) is 41.0 Å². The van der Waals surface area contributed by atoms with E-state index in [1.54, 1.807) is 18.2 Å². The number of fused-ring (bicyclic) bond motifs is 2. The van der Waals surface area contributed by atoms with Gasteiger partial charge in [-0.1, -0.05) is 24.3 Å². The Balaban J connectivity index is 1.42. The quantitative estimate of drug-likeness (QED) is 0.407. The average molecular weight is 486 g/mol. The second kappa shape index (κ2) is 8.91. The number of ether oxygens (including phenoxy) is 2. The summed E-state index contributed by atoms with van der Waals surface area (Å²) in [6, 6.07) is 13.3. The minimum Gasteiger partial charge on any atom is -0.492 e. The van der Waals surface area contributed by atoms with Gasteiger partial charge in [0, 0.05) is 17.5 Å². The number of benzene rings is 3. The normalized spacial score (nSPS) is 18.6. The van der Waals surface area contributed by atoms with Gasteiger partial charge in [0.15, 0.2) is 0 Å². The second-order valence-electron chi connectivity index (χ2n) is 8.91. The highest BCUT2D eigenvalue weighted by atomic mass is 19.4. The van der Waals surface area contributed by atoms with Crippen LogP contribution in [-0.4, -0.2) is 17.7 Å². The molecule has 2 aliphatic rings. The third-order valence-corrected chi connectivity index (χ3v) is 6.63. The molecule has 3 aromatic carbocycles. The minimum absolute atomic E-state index is 0.0262. The molecule has 3 aromatic rings. The Labute approximate surface area is 199 Å². The first kappa shape index (κ1) is 23.2. The Bertz CT molecular complexity index is 1270. The molecule has 182 valence electrons. The SMILES string of the molecule is O=C(O)CC1COc2cc(O[C@@H]3CCc4c3ccc(C(F)(F)F)c4Cc3ccc(F)cc3)ccc21. The van der Waals surface area contributed by atoms with Gasteiger partial charge >= 0.3 is 12.1 Å². The van der Waals surface area contributed by atoms with E-state index in [2.05, 4.69) is 0 Å². The smallest absolute Gasteiger partial charge is 0.416 e. The molecule has 8 heteroatoms. The molecule has 4 nitrogen and oxygen atoms in total. The molecule has 0 fully saturated rings. The van der Waals surface area contributed by atoms with Crippen molar-refractivity contribution in [2.24, 2.45) is 0 Å². The minimum atomic E-state index is -4.51. The molecule has 0 saturated carbocycles. The van der Waals surface area contributed by atoms with E-state index in [-0.39, 0.29) is 30.9 Å². The van der Waals surface area contributed by atoms with Crippen LogP contribution in [0.5, 0.6) is 11.5 Å². The van der Waals surface area contributed by atoms with Crippen molar-refractivity contribution in [2.75, 3.05) is 6.61 Å². The molecule has 35 heavy (non-hydrogen) atoms. The highest BCUT2D eigenvalue weighted by Gasteiger charge is 2.37. The van der Waals surface area contributed by atoms with Crippen LogP contribution in [0.3, 0.4) is 0 Å². The van der Waals surface area contributed by atoms with Crippen molar-refractivity contribution >= 4 is 5.97 Å². The number of rotatable bonds is 6. The van der Waals surface area contributed by atoms with Gasteiger partial charge in [-0.05, 0) is 65.8 Å². The van der Waals surface area contributed by atoms with Gasteiger partial charge in [-0.2, -0.15) is 13.2 Å². The number of hydrogen-bond donors (Lipinski definition) is 1. The lowest BCUT2D eigenvalue weighted by Crippen LogP contribution is -2.13. The van der Waals surface area contributed by atoms with Gasteiger partial charge in [-0.15, -0.1) is 0 Å². The first-order valence-electron chi connectivity index (χ1n) is 11.3. The molecular formula is C27H22F4O4. The van der Waals surface area contributed by atoms with Crippen LogP contribution in [0.4, 0.5) is 17.6 Å². The maximum Gasteiger partial charge on any atom is 0.416 e. The molecule has 0 aromatic heterocycles. The maximum atomic E-state index is 13.8. The molecule has 0 saturated heterocycles. The highest BCUT2D eigenvalue weighted by molar-refractivity contribution is 5.68. The summed E-state index contributed by atoms with van der Waals surface area (Å²) >= 11 is 0. The molecule has 0 spiro atoms. The van der Waals surface area contributed by atoms with Gasteiger partial charge in [0.05, 0.1) is 18.6 Å². The molecule has 0 bridgehead atoms. The van der Waals surface area contributed by atoms with Crippen molar-refractivity contribution in [3.63, 3.8) is 0 Å². The molecule has 1 N–H and O–H groups in total. The number of carboxylic acids is 1. The van der Waals surface area contributed by atoms with Crippen molar-refractivity contribution in [1.29, 1.82) is 0 Å². The number of hydrogen-bond acceptors (Lipinski definition) is 3. The van der Waals surface area contributed by atoms with Gasteiger partial charge in [0.2, 0.25) is 0 Å². The summed E-state index contributed by atoms with van der Waals surface area (Å²) in [5.74, 6) is -0.485. The lowest BCUT2D eigenvalue weighted by Gasteiger charge is -2.20. The number of halogens is 4. The van der Waals surface area contributed by atoms with Crippen molar-refractivity contribution in [1.82, 2.24) is 0 Å². The number of carbonyl (C=O) groups is 1. The van der Waals surface area contributed by atoms with Gasteiger partial charge in [0.1, 0.15) is 23.4 Å². The summed E-state index contributed by atoms with van der Waals surface area (Å²) in [6.07, 6.45) is -3.96. The monoisotopic (exact) mass is 486 g/mol. The topological polar surface area (TPSA) is 55.8 Å². The fourth-order valence-electron chi connectivity index (χ4n) is 5.01. The Morgan fingerprint density at radius 2 is 1.80 bits per heavy atom. The van der Waals surface area contributed by atoms with Crippen molar-refractivity contribution < 1.29 is 36.9 Å². The van der Waals surface area contributed by atoms with Gasteiger partial charge in [-0.3, -0.25) is 4.79 Å².